The first-order chi connectivity index (χ1) is 15.3. The molecule has 32 heavy (non-hydrogen) atoms. The third kappa shape index (κ3) is 3.13. The Bertz CT molecular complexity index is 875. The molecule has 3 saturated carbocycles. The average Bonchev–Trinajstić information content (AvgIpc) is 3.20. The van der Waals surface area contributed by atoms with Crippen LogP contribution >= 0.6 is 0 Å². The summed E-state index contributed by atoms with van der Waals surface area (Å²) < 4.78 is 16.7. The summed E-state index contributed by atoms with van der Waals surface area (Å²) in [5.74, 6) is 4.13. The Morgan fingerprint density at radius 1 is 0.906 bits per heavy atom. The summed E-state index contributed by atoms with van der Waals surface area (Å²) in [4.78, 5) is 13.3. The minimum Gasteiger partial charge on any atom is -0.493 e. The van der Waals surface area contributed by atoms with Crippen LogP contribution in [0.25, 0.3) is 0 Å². The fourth-order valence-corrected chi connectivity index (χ4v) is 8.36. The van der Waals surface area contributed by atoms with Crippen LogP contribution in [0.4, 0.5) is 0 Å². The molecule has 0 spiro atoms. The first-order valence-corrected chi connectivity index (χ1v) is 12.4. The lowest BCUT2D eigenvalue weighted by Crippen LogP contribution is -2.62. The van der Waals surface area contributed by atoms with E-state index >= 15 is 0 Å². The van der Waals surface area contributed by atoms with Gasteiger partial charge in [0.2, 0.25) is 11.7 Å². The van der Waals surface area contributed by atoms with Crippen LogP contribution in [0.1, 0.15) is 76.7 Å². The van der Waals surface area contributed by atoms with Crippen LogP contribution in [0.15, 0.2) is 12.1 Å². The Morgan fingerprint density at radius 3 is 2.28 bits per heavy atom. The molecule has 0 radical (unpaired) electrons. The number of hydrogen-bond acceptors (Lipinski definition) is 4. The van der Waals surface area contributed by atoms with Gasteiger partial charge in [0.1, 0.15) is 0 Å². The summed E-state index contributed by atoms with van der Waals surface area (Å²) in [6.45, 7) is 5.02. The summed E-state index contributed by atoms with van der Waals surface area (Å²) in [5.41, 5.74) is 1.64. The van der Waals surface area contributed by atoms with E-state index < -0.39 is 0 Å². The molecular weight excluding hydrogens is 402 g/mol. The molecule has 1 N–H and O–H groups in total. The van der Waals surface area contributed by atoms with E-state index in [1.165, 1.54) is 38.5 Å². The zero-order chi connectivity index (χ0) is 22.7. The summed E-state index contributed by atoms with van der Waals surface area (Å²) in [6, 6.07) is 4.22. The molecule has 176 valence electrons. The van der Waals surface area contributed by atoms with Crippen molar-refractivity contribution in [3.63, 3.8) is 0 Å². The molecule has 1 heterocycles. The number of benzene rings is 1. The highest BCUT2D eigenvalue weighted by molar-refractivity contribution is 5.85. The van der Waals surface area contributed by atoms with E-state index in [1.807, 2.05) is 12.1 Å². The number of piperidine rings is 1. The molecule has 1 amide bonds. The van der Waals surface area contributed by atoms with Crippen molar-refractivity contribution in [2.45, 2.75) is 77.2 Å². The molecule has 5 nitrogen and oxygen atoms in total. The van der Waals surface area contributed by atoms with E-state index in [0.29, 0.717) is 34.6 Å². The lowest BCUT2D eigenvalue weighted by atomic mass is 9.47. The lowest BCUT2D eigenvalue weighted by molar-refractivity contribution is -0.138. The highest BCUT2D eigenvalue weighted by atomic mass is 16.5. The van der Waals surface area contributed by atoms with Crippen molar-refractivity contribution >= 4 is 5.91 Å². The third-order valence-electron chi connectivity index (χ3n) is 10.0. The smallest absolute Gasteiger partial charge is 0.227 e. The first kappa shape index (κ1) is 21.9. The molecule has 7 atom stereocenters. The van der Waals surface area contributed by atoms with Crippen LogP contribution in [0, 0.1) is 28.6 Å². The van der Waals surface area contributed by atoms with E-state index in [1.54, 1.807) is 21.3 Å². The van der Waals surface area contributed by atoms with E-state index in [9.17, 15) is 4.79 Å². The number of ether oxygens (including phenoxy) is 3. The number of amides is 1. The molecular formula is C27H39NO4. The van der Waals surface area contributed by atoms with Crippen molar-refractivity contribution in [2.24, 2.45) is 28.6 Å². The van der Waals surface area contributed by atoms with E-state index in [0.717, 1.165) is 30.2 Å². The molecule has 1 saturated heterocycles. The number of nitrogens with one attached hydrogen (secondary N) is 1. The molecule has 1 aromatic rings. The van der Waals surface area contributed by atoms with E-state index in [-0.39, 0.29) is 17.2 Å². The molecule has 0 aromatic heterocycles. The van der Waals surface area contributed by atoms with Crippen LogP contribution < -0.4 is 19.5 Å². The monoisotopic (exact) mass is 441 g/mol. The normalized spacial score (nSPS) is 40.5. The number of rotatable bonds is 4. The fourth-order valence-electron chi connectivity index (χ4n) is 8.36. The molecule has 1 aliphatic heterocycles. The lowest BCUT2D eigenvalue weighted by Gasteiger charge is -2.60. The van der Waals surface area contributed by atoms with Gasteiger partial charge in [-0.15, -0.1) is 0 Å². The van der Waals surface area contributed by atoms with Crippen LogP contribution in [0.5, 0.6) is 17.2 Å². The molecule has 4 aliphatic rings. The van der Waals surface area contributed by atoms with E-state index in [4.69, 9.17) is 14.2 Å². The molecule has 3 aliphatic carbocycles. The van der Waals surface area contributed by atoms with Gasteiger partial charge in [-0.1, -0.05) is 20.3 Å². The predicted octanol–water partition coefficient (Wildman–Crippen LogP) is 5.32. The molecule has 5 heteroatoms. The summed E-state index contributed by atoms with van der Waals surface area (Å²) >= 11 is 0. The Kier molecular flexibility index (Phi) is 5.37. The second-order valence-electron chi connectivity index (χ2n) is 11.3. The van der Waals surface area contributed by atoms with Crippen LogP contribution in [0.3, 0.4) is 0 Å². The molecule has 4 fully saturated rings. The van der Waals surface area contributed by atoms with Gasteiger partial charge in [-0.3, -0.25) is 4.79 Å². The number of carbonyl (C=O) groups is 1. The van der Waals surface area contributed by atoms with Gasteiger partial charge < -0.3 is 19.5 Å². The van der Waals surface area contributed by atoms with Gasteiger partial charge in [-0.25, -0.2) is 0 Å². The average molecular weight is 442 g/mol. The Labute approximate surface area is 192 Å². The predicted molar refractivity (Wildman–Crippen MR) is 124 cm³/mol. The minimum atomic E-state index is -0.194. The second kappa shape index (κ2) is 7.85. The van der Waals surface area contributed by atoms with Crippen molar-refractivity contribution in [2.75, 3.05) is 21.3 Å². The van der Waals surface area contributed by atoms with Gasteiger partial charge in [0, 0.05) is 6.04 Å². The number of hydrogen-bond donors (Lipinski definition) is 1. The quantitative estimate of drug-likeness (QED) is 0.687. The SMILES string of the molecule is COc1cc(C2C[C@@]3(C)[C@@H](CC[C@H]4[C@@H]5CCC[C@@]5(C)CC[C@@H]43)NC2=O)cc(OC)c1OC. The largest absolute Gasteiger partial charge is 0.493 e. The minimum absolute atomic E-state index is 0.131. The Balaban J connectivity index is 1.49. The maximum atomic E-state index is 13.3. The maximum Gasteiger partial charge on any atom is 0.227 e. The molecule has 0 bridgehead atoms. The summed E-state index contributed by atoms with van der Waals surface area (Å²) in [5, 5.41) is 3.46. The number of methoxy groups -OCH3 is 3. The van der Waals surface area contributed by atoms with Crippen LogP contribution in [0.2, 0.25) is 0 Å². The molecule has 5 rings (SSSR count). The van der Waals surface area contributed by atoms with Crippen molar-refractivity contribution in [1.82, 2.24) is 5.32 Å². The molecule has 1 unspecified atom stereocenters. The second-order valence-corrected chi connectivity index (χ2v) is 11.3. The summed E-state index contributed by atoms with van der Waals surface area (Å²) in [7, 11) is 4.87. The Hall–Kier alpha value is -1.91. The summed E-state index contributed by atoms with van der Waals surface area (Å²) in [6.07, 6.45) is 10.2. The number of carbonyl (C=O) groups excluding carboxylic acids is 1. The van der Waals surface area contributed by atoms with Crippen molar-refractivity contribution in [3.8, 4) is 17.2 Å². The number of fused-ring (bicyclic) bond motifs is 5. The van der Waals surface area contributed by atoms with E-state index in [2.05, 4.69) is 19.2 Å². The highest BCUT2D eigenvalue weighted by Gasteiger charge is 2.59. The van der Waals surface area contributed by atoms with Gasteiger partial charge in [0.05, 0.1) is 27.2 Å². The zero-order valence-electron chi connectivity index (χ0n) is 20.3. The maximum absolute atomic E-state index is 13.3. The van der Waals surface area contributed by atoms with Gasteiger partial charge in [0.25, 0.3) is 0 Å². The standard InChI is InChI=1S/C27H39NO4/c1-26-11-6-7-19(26)17-8-9-23-27(2,20(17)10-12-26)15-18(25(29)28-23)16-13-21(30-3)24(32-5)22(14-16)31-4/h13-14,17-20,23H,6-12,15H2,1-5H3,(H,28,29)/t17-,18?,19-,20-,23+,26-,27+/m0/s1. The third-order valence-corrected chi connectivity index (χ3v) is 10.0. The van der Waals surface area contributed by atoms with Crippen molar-refractivity contribution in [1.29, 1.82) is 0 Å². The van der Waals surface area contributed by atoms with Crippen LogP contribution in [-0.4, -0.2) is 33.3 Å². The van der Waals surface area contributed by atoms with Crippen molar-refractivity contribution in [3.05, 3.63) is 17.7 Å². The zero-order valence-corrected chi connectivity index (χ0v) is 20.3. The van der Waals surface area contributed by atoms with Gasteiger partial charge in [-0.2, -0.15) is 0 Å². The topological polar surface area (TPSA) is 56.8 Å². The van der Waals surface area contributed by atoms with Gasteiger partial charge in [0.15, 0.2) is 11.5 Å². The van der Waals surface area contributed by atoms with Gasteiger partial charge in [-0.05, 0) is 91.2 Å². The van der Waals surface area contributed by atoms with Crippen molar-refractivity contribution < 1.29 is 19.0 Å². The Morgan fingerprint density at radius 2 is 1.62 bits per heavy atom. The molecule has 1 aromatic carbocycles. The fraction of sp³-hybridized carbons (Fsp3) is 0.741. The first-order valence-electron chi connectivity index (χ1n) is 12.4. The van der Waals surface area contributed by atoms with Crippen LogP contribution in [-0.2, 0) is 4.79 Å². The highest BCUT2D eigenvalue weighted by Crippen LogP contribution is 2.64. The van der Waals surface area contributed by atoms with Gasteiger partial charge >= 0.3 is 0 Å².